The normalized spacial score (nSPS) is 31.4. The SMILES string of the molecule is CCN(C1CCCCC1)C1CCC(C#N)CC1. The van der Waals surface area contributed by atoms with E-state index in [2.05, 4.69) is 17.9 Å². The number of hydrogen-bond donors (Lipinski definition) is 0. The highest BCUT2D eigenvalue weighted by Gasteiger charge is 2.29. The zero-order valence-electron chi connectivity index (χ0n) is 11.2. The highest BCUT2D eigenvalue weighted by molar-refractivity contribution is 4.91. The first-order chi connectivity index (χ1) is 8.35. The van der Waals surface area contributed by atoms with Crippen molar-refractivity contribution in [3.8, 4) is 6.07 Å². The second-order valence-electron chi connectivity index (χ2n) is 5.76. The summed E-state index contributed by atoms with van der Waals surface area (Å²) in [7, 11) is 0. The zero-order valence-corrected chi connectivity index (χ0v) is 11.2. The number of rotatable bonds is 3. The third-order valence-corrected chi connectivity index (χ3v) is 4.76. The van der Waals surface area contributed by atoms with E-state index in [4.69, 9.17) is 5.26 Å². The maximum absolute atomic E-state index is 8.96. The Kier molecular flexibility index (Phi) is 4.86. The molecule has 0 saturated heterocycles. The fraction of sp³-hybridized carbons (Fsp3) is 0.933. The fourth-order valence-electron chi connectivity index (χ4n) is 3.76. The molecule has 0 radical (unpaired) electrons. The molecule has 2 fully saturated rings. The van der Waals surface area contributed by atoms with Crippen LogP contribution in [0.15, 0.2) is 0 Å². The van der Waals surface area contributed by atoms with Gasteiger partial charge in [-0.25, -0.2) is 0 Å². The Morgan fingerprint density at radius 1 is 0.941 bits per heavy atom. The van der Waals surface area contributed by atoms with Gasteiger partial charge in [-0.1, -0.05) is 26.2 Å². The van der Waals surface area contributed by atoms with Crippen molar-refractivity contribution in [3.05, 3.63) is 0 Å². The standard InChI is InChI=1S/C15H26N2/c1-2-17(14-6-4-3-5-7-14)15-10-8-13(12-16)9-11-15/h13-15H,2-11H2,1H3. The van der Waals surface area contributed by atoms with Gasteiger partial charge in [-0.15, -0.1) is 0 Å². The van der Waals surface area contributed by atoms with Gasteiger partial charge in [0.2, 0.25) is 0 Å². The van der Waals surface area contributed by atoms with Crippen LogP contribution in [0.2, 0.25) is 0 Å². The van der Waals surface area contributed by atoms with Crippen molar-refractivity contribution in [1.29, 1.82) is 5.26 Å². The molecule has 0 bridgehead atoms. The number of nitrogens with zero attached hydrogens (tertiary/aromatic N) is 2. The molecule has 0 N–H and O–H groups in total. The van der Waals surface area contributed by atoms with Gasteiger partial charge in [-0.3, -0.25) is 4.90 Å². The first-order valence-corrected chi connectivity index (χ1v) is 7.50. The molecule has 2 saturated carbocycles. The van der Waals surface area contributed by atoms with Gasteiger partial charge in [-0.2, -0.15) is 5.26 Å². The molecule has 17 heavy (non-hydrogen) atoms. The van der Waals surface area contributed by atoms with Crippen molar-refractivity contribution in [3.63, 3.8) is 0 Å². The Morgan fingerprint density at radius 3 is 2.06 bits per heavy atom. The van der Waals surface area contributed by atoms with Gasteiger partial charge in [0.05, 0.1) is 6.07 Å². The maximum atomic E-state index is 8.96. The molecule has 0 aromatic heterocycles. The summed E-state index contributed by atoms with van der Waals surface area (Å²) in [6.45, 7) is 3.51. The molecule has 2 nitrogen and oxygen atoms in total. The van der Waals surface area contributed by atoms with Crippen molar-refractivity contribution < 1.29 is 0 Å². The summed E-state index contributed by atoms with van der Waals surface area (Å²) in [5.41, 5.74) is 0. The van der Waals surface area contributed by atoms with E-state index in [9.17, 15) is 0 Å². The summed E-state index contributed by atoms with van der Waals surface area (Å²) < 4.78 is 0. The van der Waals surface area contributed by atoms with E-state index in [0.29, 0.717) is 5.92 Å². The highest BCUT2D eigenvalue weighted by atomic mass is 15.2. The molecule has 0 unspecified atom stereocenters. The smallest absolute Gasteiger partial charge is 0.0655 e. The molecular formula is C15H26N2. The van der Waals surface area contributed by atoms with Crippen LogP contribution < -0.4 is 0 Å². The van der Waals surface area contributed by atoms with Crippen LogP contribution in [0.1, 0.15) is 64.7 Å². The Bertz CT molecular complexity index is 255. The fourth-order valence-corrected chi connectivity index (χ4v) is 3.76. The lowest BCUT2D eigenvalue weighted by atomic mass is 9.84. The summed E-state index contributed by atoms with van der Waals surface area (Å²) in [6.07, 6.45) is 11.9. The summed E-state index contributed by atoms with van der Waals surface area (Å²) in [5, 5.41) is 8.96. The molecule has 0 aromatic rings. The first kappa shape index (κ1) is 12.9. The minimum absolute atomic E-state index is 0.344. The lowest BCUT2D eigenvalue weighted by molar-refractivity contribution is 0.0813. The molecule has 2 heteroatoms. The molecule has 96 valence electrons. The molecule has 0 spiro atoms. The predicted octanol–water partition coefficient (Wildman–Crippen LogP) is 3.72. The van der Waals surface area contributed by atoms with Crippen LogP contribution in [0, 0.1) is 17.2 Å². The van der Waals surface area contributed by atoms with Gasteiger partial charge in [0.1, 0.15) is 0 Å². The quantitative estimate of drug-likeness (QED) is 0.744. The zero-order chi connectivity index (χ0) is 12.1. The van der Waals surface area contributed by atoms with E-state index < -0.39 is 0 Å². The lowest BCUT2D eigenvalue weighted by Gasteiger charge is -2.41. The van der Waals surface area contributed by atoms with Crippen molar-refractivity contribution in [2.45, 2.75) is 76.8 Å². The van der Waals surface area contributed by atoms with E-state index in [-0.39, 0.29) is 0 Å². The number of nitriles is 1. The van der Waals surface area contributed by atoms with Crippen LogP contribution in [-0.2, 0) is 0 Å². The first-order valence-electron chi connectivity index (χ1n) is 7.50. The topological polar surface area (TPSA) is 27.0 Å². The van der Waals surface area contributed by atoms with Gasteiger partial charge in [0.25, 0.3) is 0 Å². The Balaban J connectivity index is 1.88. The second-order valence-corrected chi connectivity index (χ2v) is 5.76. The molecular weight excluding hydrogens is 208 g/mol. The molecule has 0 amide bonds. The van der Waals surface area contributed by atoms with Gasteiger partial charge in [-0.05, 0) is 45.1 Å². The Labute approximate surface area is 106 Å². The van der Waals surface area contributed by atoms with Crippen molar-refractivity contribution in [1.82, 2.24) is 4.90 Å². The predicted molar refractivity (Wildman–Crippen MR) is 70.6 cm³/mol. The van der Waals surface area contributed by atoms with Gasteiger partial charge >= 0.3 is 0 Å². The van der Waals surface area contributed by atoms with E-state index in [0.717, 1.165) is 24.9 Å². The van der Waals surface area contributed by atoms with E-state index in [1.165, 1.54) is 51.5 Å². The van der Waals surface area contributed by atoms with E-state index in [1.54, 1.807) is 0 Å². The van der Waals surface area contributed by atoms with Crippen LogP contribution in [0.3, 0.4) is 0 Å². The molecule has 2 aliphatic carbocycles. The third-order valence-electron chi connectivity index (χ3n) is 4.76. The van der Waals surface area contributed by atoms with Crippen molar-refractivity contribution >= 4 is 0 Å². The monoisotopic (exact) mass is 234 g/mol. The summed E-state index contributed by atoms with van der Waals surface area (Å²) in [6, 6.07) is 4.06. The van der Waals surface area contributed by atoms with Crippen molar-refractivity contribution in [2.75, 3.05) is 6.54 Å². The van der Waals surface area contributed by atoms with Crippen LogP contribution in [0.5, 0.6) is 0 Å². The average Bonchev–Trinajstić information content (AvgIpc) is 2.42. The lowest BCUT2D eigenvalue weighted by Crippen LogP contribution is -2.45. The minimum Gasteiger partial charge on any atom is -0.298 e. The van der Waals surface area contributed by atoms with Crippen LogP contribution in [0.4, 0.5) is 0 Å². The van der Waals surface area contributed by atoms with Gasteiger partial charge < -0.3 is 0 Å². The molecule has 0 aliphatic heterocycles. The molecule has 0 heterocycles. The van der Waals surface area contributed by atoms with Crippen LogP contribution >= 0.6 is 0 Å². The summed E-state index contributed by atoms with van der Waals surface area (Å²) in [5.74, 6) is 0.344. The van der Waals surface area contributed by atoms with Crippen LogP contribution in [-0.4, -0.2) is 23.5 Å². The van der Waals surface area contributed by atoms with Gasteiger partial charge in [0, 0.05) is 18.0 Å². The third kappa shape index (κ3) is 3.22. The summed E-state index contributed by atoms with van der Waals surface area (Å²) >= 11 is 0. The summed E-state index contributed by atoms with van der Waals surface area (Å²) in [4.78, 5) is 2.76. The van der Waals surface area contributed by atoms with Gasteiger partial charge in [0.15, 0.2) is 0 Å². The number of hydrogen-bond acceptors (Lipinski definition) is 2. The highest BCUT2D eigenvalue weighted by Crippen LogP contribution is 2.31. The minimum atomic E-state index is 0.344. The average molecular weight is 234 g/mol. The van der Waals surface area contributed by atoms with Crippen molar-refractivity contribution in [2.24, 2.45) is 5.92 Å². The Hall–Kier alpha value is -0.550. The van der Waals surface area contributed by atoms with E-state index >= 15 is 0 Å². The molecule has 2 aliphatic rings. The largest absolute Gasteiger partial charge is 0.298 e. The van der Waals surface area contributed by atoms with E-state index in [1.807, 2.05) is 0 Å². The second kappa shape index (κ2) is 6.40. The molecule has 0 atom stereocenters. The molecule has 2 rings (SSSR count). The Morgan fingerprint density at radius 2 is 1.53 bits per heavy atom. The van der Waals surface area contributed by atoms with Crippen LogP contribution in [0.25, 0.3) is 0 Å². The maximum Gasteiger partial charge on any atom is 0.0655 e. The molecule has 0 aromatic carbocycles.